The van der Waals surface area contributed by atoms with Gasteiger partial charge in [-0.1, -0.05) is 11.6 Å². The third kappa shape index (κ3) is 4.35. The molecule has 2 atom stereocenters. The Labute approximate surface area is 172 Å². The zero-order valence-corrected chi connectivity index (χ0v) is 16.5. The maximum atomic E-state index is 12.7. The molecule has 29 heavy (non-hydrogen) atoms. The topological polar surface area (TPSA) is 121 Å². The van der Waals surface area contributed by atoms with Gasteiger partial charge in [-0.3, -0.25) is 9.48 Å². The van der Waals surface area contributed by atoms with Crippen molar-refractivity contribution >= 4 is 29.4 Å². The highest BCUT2D eigenvalue weighted by Gasteiger charge is 2.29. The Morgan fingerprint density at radius 1 is 1.31 bits per heavy atom. The van der Waals surface area contributed by atoms with Crippen LogP contribution in [-0.2, 0) is 27.4 Å². The number of rotatable bonds is 4. The van der Waals surface area contributed by atoms with Crippen molar-refractivity contribution in [2.24, 2.45) is 11.7 Å². The van der Waals surface area contributed by atoms with Crippen LogP contribution in [0, 0.1) is 5.92 Å². The molecule has 2 aromatic heterocycles. The van der Waals surface area contributed by atoms with Crippen LogP contribution in [0.3, 0.4) is 0 Å². The van der Waals surface area contributed by atoms with E-state index < -0.39 is 6.09 Å². The fourth-order valence-corrected chi connectivity index (χ4v) is 4.10. The average Bonchev–Trinajstić information content (AvgIpc) is 3.13. The number of amides is 2. The predicted octanol–water partition coefficient (Wildman–Crippen LogP) is 2.72. The van der Waals surface area contributed by atoms with Crippen molar-refractivity contribution < 1.29 is 19.1 Å². The Morgan fingerprint density at radius 3 is 3.00 bits per heavy atom. The average molecular weight is 420 g/mol. The molecule has 3 N–H and O–H groups in total. The van der Waals surface area contributed by atoms with Crippen molar-refractivity contribution in [1.82, 2.24) is 14.8 Å². The number of pyridine rings is 1. The largest absolute Gasteiger partial charge is 0.446 e. The maximum absolute atomic E-state index is 12.7. The van der Waals surface area contributed by atoms with Gasteiger partial charge in [0, 0.05) is 23.2 Å². The van der Waals surface area contributed by atoms with Crippen LogP contribution >= 0.6 is 11.6 Å². The van der Waals surface area contributed by atoms with E-state index >= 15 is 0 Å². The summed E-state index contributed by atoms with van der Waals surface area (Å²) in [5.41, 5.74) is 7.64. The molecular formula is C19H22ClN5O4. The summed E-state index contributed by atoms with van der Waals surface area (Å²) in [5.74, 6) is -0.0285. The second kappa shape index (κ2) is 8.38. The molecule has 9 nitrogen and oxygen atoms in total. The van der Waals surface area contributed by atoms with Gasteiger partial charge in [0.25, 0.3) is 0 Å². The van der Waals surface area contributed by atoms with Crippen LogP contribution in [0.2, 0.25) is 5.02 Å². The van der Waals surface area contributed by atoms with Crippen LogP contribution in [0.4, 0.5) is 10.6 Å². The Balaban J connectivity index is 1.50. The number of nitrogens with two attached hydrogens (primary N) is 1. The molecule has 0 radical (unpaired) electrons. The Morgan fingerprint density at radius 2 is 2.17 bits per heavy atom. The monoisotopic (exact) mass is 419 g/mol. The van der Waals surface area contributed by atoms with E-state index in [1.165, 1.54) is 6.20 Å². The van der Waals surface area contributed by atoms with Crippen LogP contribution in [0.25, 0.3) is 11.1 Å². The van der Waals surface area contributed by atoms with E-state index in [4.69, 9.17) is 26.8 Å². The number of hydrogen-bond donors (Lipinski definition) is 2. The summed E-state index contributed by atoms with van der Waals surface area (Å²) in [6.45, 7) is 1.78. The highest BCUT2D eigenvalue weighted by atomic mass is 35.5. The molecule has 0 spiro atoms. The first kappa shape index (κ1) is 19.7. The van der Waals surface area contributed by atoms with Crippen LogP contribution in [0.1, 0.15) is 31.4 Å². The van der Waals surface area contributed by atoms with Gasteiger partial charge < -0.3 is 20.5 Å². The lowest BCUT2D eigenvalue weighted by Gasteiger charge is -2.27. The lowest BCUT2D eigenvalue weighted by Crippen LogP contribution is -2.33. The van der Waals surface area contributed by atoms with Crippen LogP contribution in [0.5, 0.6) is 0 Å². The summed E-state index contributed by atoms with van der Waals surface area (Å²) >= 11 is 6.37. The minimum Gasteiger partial charge on any atom is -0.446 e. The third-order valence-corrected chi connectivity index (χ3v) is 5.61. The highest BCUT2D eigenvalue weighted by Crippen LogP contribution is 2.33. The van der Waals surface area contributed by atoms with Crippen molar-refractivity contribution in [3.63, 3.8) is 0 Å². The molecule has 3 heterocycles. The number of nitrogens with zero attached hydrogens (tertiary/aromatic N) is 3. The van der Waals surface area contributed by atoms with Gasteiger partial charge in [-0.25, -0.2) is 9.78 Å². The number of hydrogen-bond acceptors (Lipinski definition) is 6. The number of ether oxygens (including phenoxy) is 2. The van der Waals surface area contributed by atoms with Crippen LogP contribution in [-0.4, -0.2) is 39.5 Å². The quantitative estimate of drug-likeness (QED) is 0.785. The Bertz CT molecular complexity index is 931. The molecule has 1 aliphatic carbocycles. The Hall–Kier alpha value is -2.65. The van der Waals surface area contributed by atoms with Gasteiger partial charge in [0.1, 0.15) is 11.9 Å². The first-order chi connectivity index (χ1) is 14.0. The van der Waals surface area contributed by atoms with Gasteiger partial charge in [-0.15, -0.1) is 0 Å². The lowest BCUT2D eigenvalue weighted by molar-refractivity contribution is -0.122. The van der Waals surface area contributed by atoms with Gasteiger partial charge >= 0.3 is 6.09 Å². The van der Waals surface area contributed by atoms with Crippen molar-refractivity contribution in [2.75, 3.05) is 11.9 Å². The number of halogens is 1. The number of carbonyl (C=O) groups is 2. The van der Waals surface area contributed by atoms with E-state index in [-0.39, 0.29) is 17.9 Å². The summed E-state index contributed by atoms with van der Waals surface area (Å²) in [7, 11) is 0. The van der Waals surface area contributed by atoms with Gasteiger partial charge in [-0.05, 0) is 31.7 Å². The third-order valence-electron chi connectivity index (χ3n) is 5.31. The molecule has 2 aliphatic rings. The number of carbonyl (C=O) groups excluding carboxylic acids is 2. The minimum atomic E-state index is -0.812. The van der Waals surface area contributed by atoms with Gasteiger partial charge in [-0.2, -0.15) is 5.10 Å². The fraction of sp³-hybridized carbons (Fsp3) is 0.474. The summed E-state index contributed by atoms with van der Waals surface area (Å²) in [6.07, 6.45) is 4.80. The predicted molar refractivity (Wildman–Crippen MR) is 105 cm³/mol. The maximum Gasteiger partial charge on any atom is 0.404 e. The molecule has 0 unspecified atom stereocenters. The molecule has 2 aromatic rings. The van der Waals surface area contributed by atoms with Gasteiger partial charge in [0.2, 0.25) is 5.91 Å². The molecule has 1 saturated carbocycles. The second-order valence-electron chi connectivity index (χ2n) is 7.24. The number of aromatic nitrogens is 3. The summed E-state index contributed by atoms with van der Waals surface area (Å²) in [6, 6.07) is 1.74. The molecule has 0 bridgehead atoms. The summed E-state index contributed by atoms with van der Waals surface area (Å²) in [5, 5.41) is 7.71. The molecule has 0 saturated heterocycles. The minimum absolute atomic E-state index is 0.163. The van der Waals surface area contributed by atoms with Crippen LogP contribution < -0.4 is 11.1 Å². The fourth-order valence-electron chi connectivity index (χ4n) is 3.90. The normalized spacial score (nSPS) is 21.3. The van der Waals surface area contributed by atoms with Crippen molar-refractivity contribution in [1.29, 1.82) is 0 Å². The first-order valence-electron chi connectivity index (χ1n) is 9.56. The van der Waals surface area contributed by atoms with Gasteiger partial charge in [0.05, 0.1) is 36.7 Å². The number of primary amides is 1. The zero-order valence-electron chi connectivity index (χ0n) is 15.8. The first-order valence-corrected chi connectivity index (χ1v) is 9.94. The summed E-state index contributed by atoms with van der Waals surface area (Å²) < 4.78 is 12.5. The Kier molecular flexibility index (Phi) is 5.68. The van der Waals surface area contributed by atoms with E-state index in [0.717, 1.165) is 29.7 Å². The molecule has 0 aromatic carbocycles. The van der Waals surface area contributed by atoms with E-state index in [1.54, 1.807) is 12.3 Å². The van der Waals surface area contributed by atoms with Crippen LogP contribution in [0.15, 0.2) is 18.5 Å². The molecule has 154 valence electrons. The van der Waals surface area contributed by atoms with Gasteiger partial charge in [0.15, 0.2) is 0 Å². The zero-order chi connectivity index (χ0) is 20.4. The SMILES string of the molecule is NC(=O)O[C@@H]1CCC[C@H](C(=O)Nc2cc(-c3cnn4c3COCC4)c(Cl)cn2)C1. The van der Waals surface area contributed by atoms with E-state index in [2.05, 4.69) is 15.4 Å². The number of fused-ring (bicyclic) bond motifs is 1. The van der Waals surface area contributed by atoms with Crippen molar-refractivity contribution in [3.05, 3.63) is 29.2 Å². The highest BCUT2D eigenvalue weighted by molar-refractivity contribution is 6.33. The smallest absolute Gasteiger partial charge is 0.404 e. The number of anilines is 1. The number of nitrogens with one attached hydrogen (secondary N) is 1. The van der Waals surface area contributed by atoms with Crippen molar-refractivity contribution in [2.45, 2.75) is 44.9 Å². The standard InChI is InChI=1S/C19H22ClN5O4/c20-15-9-22-17(7-13(15)14-8-23-25-4-5-28-10-16(14)25)24-18(26)11-2-1-3-12(6-11)29-19(21)27/h7-9,11-12H,1-6,10H2,(H2,21,27)(H,22,24,26)/t11-,12+/m0/s1. The summed E-state index contributed by atoms with van der Waals surface area (Å²) in [4.78, 5) is 27.9. The molecule has 1 aliphatic heterocycles. The van der Waals surface area contributed by atoms with Crippen molar-refractivity contribution in [3.8, 4) is 11.1 Å². The second-order valence-corrected chi connectivity index (χ2v) is 7.65. The lowest BCUT2D eigenvalue weighted by atomic mass is 9.86. The van der Waals surface area contributed by atoms with E-state index in [1.807, 2.05) is 4.68 Å². The van der Waals surface area contributed by atoms with E-state index in [9.17, 15) is 9.59 Å². The molecule has 10 heteroatoms. The molecule has 4 rings (SSSR count). The molecule has 2 amide bonds. The molecular weight excluding hydrogens is 398 g/mol. The van der Waals surface area contributed by atoms with E-state index in [0.29, 0.717) is 43.4 Å². The molecule has 1 fully saturated rings.